The van der Waals surface area contributed by atoms with E-state index in [2.05, 4.69) is 93.7 Å². The first-order chi connectivity index (χ1) is 36.0. The third kappa shape index (κ3) is 59.6. The van der Waals surface area contributed by atoms with Crippen LogP contribution in [-0.2, 0) is 28.6 Å². The van der Waals surface area contributed by atoms with Crippen molar-refractivity contribution in [1.29, 1.82) is 0 Å². The van der Waals surface area contributed by atoms with Gasteiger partial charge >= 0.3 is 17.9 Å². The van der Waals surface area contributed by atoms with Gasteiger partial charge in [-0.1, -0.05) is 299 Å². The van der Waals surface area contributed by atoms with Crippen LogP contribution in [0.3, 0.4) is 0 Å². The summed E-state index contributed by atoms with van der Waals surface area (Å²) in [6.07, 6.45) is 79.4. The van der Waals surface area contributed by atoms with Gasteiger partial charge in [0.1, 0.15) is 13.2 Å². The molecule has 0 N–H and O–H groups in total. The van der Waals surface area contributed by atoms with Gasteiger partial charge in [0.2, 0.25) is 0 Å². The van der Waals surface area contributed by atoms with Crippen LogP contribution in [0.2, 0.25) is 0 Å². The Kier molecular flexibility index (Phi) is 58.7. The number of hydrogen-bond acceptors (Lipinski definition) is 6. The van der Waals surface area contributed by atoms with Crippen LogP contribution in [-0.4, -0.2) is 37.2 Å². The van der Waals surface area contributed by atoms with Gasteiger partial charge in [0.05, 0.1) is 0 Å². The highest BCUT2D eigenvalue weighted by Gasteiger charge is 2.19. The van der Waals surface area contributed by atoms with E-state index in [1.807, 2.05) is 0 Å². The van der Waals surface area contributed by atoms with Crippen molar-refractivity contribution < 1.29 is 28.6 Å². The minimum absolute atomic E-state index is 0.0777. The number of allylic oxidation sites excluding steroid dienone is 12. The third-order valence-electron chi connectivity index (χ3n) is 13.7. The molecule has 0 aliphatic rings. The number of esters is 3. The number of carbonyl (C=O) groups is 3. The van der Waals surface area contributed by atoms with Crippen molar-refractivity contribution in [2.45, 2.75) is 322 Å². The lowest BCUT2D eigenvalue weighted by Crippen LogP contribution is -2.30. The number of unbranched alkanes of at least 4 members (excludes halogenated alkanes) is 34. The van der Waals surface area contributed by atoms with Gasteiger partial charge in [-0.3, -0.25) is 14.4 Å². The Hall–Kier alpha value is -3.15. The predicted octanol–water partition coefficient (Wildman–Crippen LogP) is 21.3. The van der Waals surface area contributed by atoms with Crippen LogP contribution < -0.4 is 0 Å². The van der Waals surface area contributed by atoms with Crippen molar-refractivity contribution in [2.24, 2.45) is 0 Å². The summed E-state index contributed by atoms with van der Waals surface area (Å²) >= 11 is 0. The smallest absolute Gasteiger partial charge is 0.306 e. The Balaban J connectivity index is 4.12. The first-order valence-electron chi connectivity index (χ1n) is 31.4. The van der Waals surface area contributed by atoms with E-state index in [-0.39, 0.29) is 31.1 Å². The molecule has 0 aliphatic heterocycles. The monoisotopic (exact) mass is 1020 g/mol. The summed E-state index contributed by atoms with van der Waals surface area (Å²) < 4.78 is 16.8. The Bertz CT molecular complexity index is 1360. The van der Waals surface area contributed by atoms with Crippen LogP contribution in [0.4, 0.5) is 0 Å². The zero-order chi connectivity index (χ0) is 52.9. The average Bonchev–Trinajstić information content (AvgIpc) is 3.39. The lowest BCUT2D eigenvalue weighted by Gasteiger charge is -2.18. The van der Waals surface area contributed by atoms with E-state index in [1.54, 1.807) is 0 Å². The third-order valence-corrected chi connectivity index (χ3v) is 13.7. The molecule has 0 bridgehead atoms. The number of carbonyl (C=O) groups excluding carboxylic acids is 3. The van der Waals surface area contributed by atoms with E-state index >= 15 is 0 Å². The highest BCUT2D eigenvalue weighted by Crippen LogP contribution is 2.17. The van der Waals surface area contributed by atoms with Crippen LogP contribution in [0, 0.1) is 0 Å². The number of ether oxygens (including phenoxy) is 3. The van der Waals surface area contributed by atoms with Crippen molar-refractivity contribution in [3.05, 3.63) is 72.9 Å². The fourth-order valence-electron chi connectivity index (χ4n) is 9.04. The van der Waals surface area contributed by atoms with Crippen LogP contribution >= 0.6 is 0 Å². The molecular weight excluding hydrogens is 901 g/mol. The van der Waals surface area contributed by atoms with Crippen molar-refractivity contribution >= 4 is 17.9 Å². The van der Waals surface area contributed by atoms with E-state index < -0.39 is 6.10 Å². The summed E-state index contributed by atoms with van der Waals surface area (Å²) in [5.41, 5.74) is 0. The summed E-state index contributed by atoms with van der Waals surface area (Å²) in [6, 6.07) is 0. The molecule has 0 saturated carbocycles. The van der Waals surface area contributed by atoms with Gasteiger partial charge in [0.15, 0.2) is 6.10 Å². The largest absolute Gasteiger partial charge is 0.462 e. The SMILES string of the molecule is CC/C=C\C/C=C\C/C=C\C/C=C\C/C=C\C/C=C\CCCCCCCCC(=O)OCC(COC(=O)CCCCCCCC)OC(=O)CCCCCCCCCCCCCCCCCCCCCCCCCC. The Morgan fingerprint density at radius 2 is 0.534 bits per heavy atom. The van der Waals surface area contributed by atoms with Gasteiger partial charge in [-0.05, 0) is 70.6 Å². The molecule has 422 valence electrons. The van der Waals surface area contributed by atoms with E-state index in [4.69, 9.17) is 14.2 Å². The second-order valence-corrected chi connectivity index (χ2v) is 21.0. The lowest BCUT2D eigenvalue weighted by atomic mass is 10.0. The molecule has 1 atom stereocenters. The molecule has 0 rings (SSSR count). The van der Waals surface area contributed by atoms with Gasteiger partial charge in [-0.25, -0.2) is 0 Å². The summed E-state index contributed by atoms with van der Waals surface area (Å²) in [4.78, 5) is 38.0. The Morgan fingerprint density at radius 1 is 0.288 bits per heavy atom. The quantitative estimate of drug-likeness (QED) is 0.0261. The summed E-state index contributed by atoms with van der Waals surface area (Å²) in [5.74, 6) is -0.889. The van der Waals surface area contributed by atoms with Gasteiger partial charge in [0.25, 0.3) is 0 Å². The molecule has 0 aromatic rings. The molecule has 0 amide bonds. The van der Waals surface area contributed by atoms with Crippen LogP contribution in [0.15, 0.2) is 72.9 Å². The molecule has 0 spiro atoms. The van der Waals surface area contributed by atoms with Gasteiger partial charge in [0, 0.05) is 19.3 Å². The molecule has 6 heteroatoms. The van der Waals surface area contributed by atoms with Crippen molar-refractivity contribution in [3.8, 4) is 0 Å². The maximum absolute atomic E-state index is 12.8. The van der Waals surface area contributed by atoms with Crippen LogP contribution in [0.5, 0.6) is 0 Å². The number of hydrogen-bond donors (Lipinski definition) is 0. The van der Waals surface area contributed by atoms with E-state index in [0.717, 1.165) is 103 Å². The highest BCUT2D eigenvalue weighted by atomic mass is 16.6. The fourth-order valence-corrected chi connectivity index (χ4v) is 9.04. The van der Waals surface area contributed by atoms with Gasteiger partial charge in [-0.15, -0.1) is 0 Å². The summed E-state index contributed by atoms with van der Waals surface area (Å²) in [5, 5.41) is 0. The standard InChI is InChI=1S/C67H118O6/c1-4-7-10-13-16-18-20-22-24-26-28-30-32-34-36-37-39-41-43-45-47-49-51-54-57-60-66(69)72-63-64(62-71-65(68)59-56-53-15-12-9-6-3)73-67(70)61-58-55-52-50-48-46-44-42-40-38-35-33-31-29-27-25-23-21-19-17-14-11-8-5-2/h7,10,16,18,22,24,28,30,34,36,39,41,64H,4-6,8-9,11-15,17,19-21,23,25-27,29,31-33,35,37-38,40,42-63H2,1-3H3/b10-7-,18-16-,24-22-,30-28-,36-34-,41-39-. The molecule has 0 aliphatic carbocycles. The first kappa shape index (κ1) is 69.8. The maximum atomic E-state index is 12.8. The minimum Gasteiger partial charge on any atom is -0.462 e. The molecule has 0 saturated heterocycles. The molecule has 0 aromatic heterocycles. The predicted molar refractivity (Wildman–Crippen MR) is 316 cm³/mol. The van der Waals surface area contributed by atoms with Gasteiger partial charge < -0.3 is 14.2 Å². The second kappa shape index (κ2) is 61.4. The molecule has 0 heterocycles. The fraction of sp³-hybridized carbons (Fsp3) is 0.776. The highest BCUT2D eigenvalue weighted by molar-refractivity contribution is 5.71. The Morgan fingerprint density at radius 3 is 0.836 bits per heavy atom. The van der Waals surface area contributed by atoms with Crippen molar-refractivity contribution in [1.82, 2.24) is 0 Å². The van der Waals surface area contributed by atoms with Crippen LogP contribution in [0.25, 0.3) is 0 Å². The van der Waals surface area contributed by atoms with Crippen molar-refractivity contribution in [2.75, 3.05) is 13.2 Å². The summed E-state index contributed by atoms with van der Waals surface area (Å²) in [6.45, 7) is 6.49. The average molecular weight is 1020 g/mol. The van der Waals surface area contributed by atoms with E-state index in [1.165, 1.54) is 173 Å². The molecule has 73 heavy (non-hydrogen) atoms. The molecular formula is C67H118O6. The lowest BCUT2D eigenvalue weighted by molar-refractivity contribution is -0.167. The van der Waals surface area contributed by atoms with Crippen molar-refractivity contribution in [3.63, 3.8) is 0 Å². The Labute approximate surface area is 453 Å². The molecule has 0 fully saturated rings. The first-order valence-corrected chi connectivity index (χ1v) is 31.4. The topological polar surface area (TPSA) is 78.9 Å². The molecule has 0 radical (unpaired) electrons. The van der Waals surface area contributed by atoms with E-state index in [0.29, 0.717) is 19.3 Å². The maximum Gasteiger partial charge on any atom is 0.306 e. The normalized spacial score (nSPS) is 12.5. The number of rotatable bonds is 57. The van der Waals surface area contributed by atoms with Crippen LogP contribution in [0.1, 0.15) is 316 Å². The molecule has 0 aromatic carbocycles. The zero-order valence-corrected chi connectivity index (χ0v) is 48.4. The molecule has 6 nitrogen and oxygen atoms in total. The summed E-state index contributed by atoms with van der Waals surface area (Å²) in [7, 11) is 0. The second-order valence-electron chi connectivity index (χ2n) is 21.0. The van der Waals surface area contributed by atoms with E-state index in [9.17, 15) is 14.4 Å². The zero-order valence-electron chi connectivity index (χ0n) is 48.4. The molecule has 1 unspecified atom stereocenters. The van der Waals surface area contributed by atoms with Gasteiger partial charge in [-0.2, -0.15) is 0 Å². The minimum atomic E-state index is -0.777.